The molecule has 0 aromatic heterocycles. The fourth-order valence-corrected chi connectivity index (χ4v) is 3.26. The van der Waals surface area contributed by atoms with Crippen LogP contribution in [-0.2, 0) is 16.4 Å². The average Bonchev–Trinajstić information content (AvgIpc) is 2.55. The predicted octanol–water partition coefficient (Wildman–Crippen LogP) is 2.76. The second-order valence-corrected chi connectivity index (χ2v) is 7.49. The molecule has 0 saturated heterocycles. The second kappa shape index (κ2) is 7.49. The molecule has 0 aliphatic rings. The van der Waals surface area contributed by atoms with Crippen molar-refractivity contribution in [2.24, 2.45) is 0 Å². The van der Waals surface area contributed by atoms with E-state index in [1.807, 2.05) is 31.2 Å². The number of sulfone groups is 1. The van der Waals surface area contributed by atoms with Crippen molar-refractivity contribution in [1.29, 1.82) is 0 Å². The molecule has 0 bridgehead atoms. The van der Waals surface area contributed by atoms with Crippen LogP contribution < -0.4 is 4.74 Å². The maximum atomic E-state index is 12.6. The molecule has 1 amide bonds. The van der Waals surface area contributed by atoms with Crippen LogP contribution in [0, 0.1) is 0 Å². The van der Waals surface area contributed by atoms with Crippen molar-refractivity contribution in [3.63, 3.8) is 0 Å². The zero-order chi connectivity index (χ0) is 17.7. The molecule has 24 heavy (non-hydrogen) atoms. The monoisotopic (exact) mass is 347 g/mol. The molecule has 0 aliphatic carbocycles. The summed E-state index contributed by atoms with van der Waals surface area (Å²) in [4.78, 5) is 14.2. The number of ether oxygens (including phenoxy) is 1. The van der Waals surface area contributed by atoms with E-state index in [2.05, 4.69) is 0 Å². The number of nitrogens with zero attached hydrogens (tertiary/aromatic N) is 1. The second-order valence-electron chi connectivity index (χ2n) is 5.51. The molecule has 6 heteroatoms. The average molecular weight is 347 g/mol. The van der Waals surface area contributed by atoms with Crippen LogP contribution in [0.4, 0.5) is 0 Å². The van der Waals surface area contributed by atoms with E-state index >= 15 is 0 Å². The van der Waals surface area contributed by atoms with E-state index in [0.29, 0.717) is 13.2 Å². The quantitative estimate of drug-likeness (QED) is 0.806. The first-order valence-corrected chi connectivity index (χ1v) is 9.48. The van der Waals surface area contributed by atoms with Crippen LogP contribution >= 0.6 is 0 Å². The normalized spacial score (nSPS) is 11.1. The number of rotatable bonds is 6. The van der Waals surface area contributed by atoms with Gasteiger partial charge in [0.15, 0.2) is 9.84 Å². The third kappa shape index (κ3) is 4.35. The summed E-state index contributed by atoms with van der Waals surface area (Å²) in [5, 5.41) is 0. The highest BCUT2D eigenvalue weighted by Crippen LogP contribution is 2.19. The highest BCUT2D eigenvalue weighted by molar-refractivity contribution is 7.90. The maximum Gasteiger partial charge on any atom is 0.255 e. The largest absolute Gasteiger partial charge is 0.494 e. The molecule has 0 fully saturated rings. The summed E-state index contributed by atoms with van der Waals surface area (Å²) < 4.78 is 29.1. The summed E-state index contributed by atoms with van der Waals surface area (Å²) in [6, 6.07) is 13.7. The van der Waals surface area contributed by atoms with Crippen LogP contribution in [-0.4, -0.2) is 39.1 Å². The van der Waals surface area contributed by atoms with Crippen molar-refractivity contribution < 1.29 is 17.9 Å². The van der Waals surface area contributed by atoms with Gasteiger partial charge in [0.05, 0.1) is 17.1 Å². The summed E-state index contributed by atoms with van der Waals surface area (Å²) in [6.45, 7) is 2.89. The Kier molecular flexibility index (Phi) is 5.62. The molecule has 0 saturated carbocycles. The first kappa shape index (κ1) is 18.0. The van der Waals surface area contributed by atoms with Gasteiger partial charge in [0.1, 0.15) is 5.75 Å². The first-order chi connectivity index (χ1) is 11.3. The van der Waals surface area contributed by atoms with Gasteiger partial charge >= 0.3 is 0 Å². The van der Waals surface area contributed by atoms with Crippen LogP contribution in [0.5, 0.6) is 5.75 Å². The molecular weight excluding hydrogens is 326 g/mol. The van der Waals surface area contributed by atoms with Gasteiger partial charge in [-0.3, -0.25) is 4.79 Å². The molecule has 0 radical (unpaired) electrons. The van der Waals surface area contributed by atoms with Gasteiger partial charge < -0.3 is 9.64 Å². The van der Waals surface area contributed by atoms with Gasteiger partial charge in [-0.25, -0.2) is 8.42 Å². The van der Waals surface area contributed by atoms with E-state index in [4.69, 9.17) is 4.74 Å². The van der Waals surface area contributed by atoms with Gasteiger partial charge in [-0.15, -0.1) is 0 Å². The summed E-state index contributed by atoms with van der Waals surface area (Å²) >= 11 is 0. The zero-order valence-corrected chi connectivity index (χ0v) is 14.8. The zero-order valence-electron chi connectivity index (χ0n) is 14.0. The fourth-order valence-electron chi connectivity index (χ4n) is 2.38. The number of hydrogen-bond acceptors (Lipinski definition) is 4. The molecule has 0 atom stereocenters. The van der Waals surface area contributed by atoms with E-state index in [1.165, 1.54) is 17.0 Å². The fraction of sp³-hybridized carbons (Fsp3) is 0.278. The molecule has 2 rings (SSSR count). The van der Waals surface area contributed by atoms with Crippen LogP contribution in [0.15, 0.2) is 53.4 Å². The maximum absolute atomic E-state index is 12.6. The minimum absolute atomic E-state index is 0.0496. The van der Waals surface area contributed by atoms with Gasteiger partial charge in [0.25, 0.3) is 5.91 Å². The Labute approximate surface area is 142 Å². The van der Waals surface area contributed by atoms with Crippen molar-refractivity contribution >= 4 is 15.7 Å². The Hall–Kier alpha value is -2.34. The number of carbonyl (C=O) groups excluding carboxylic acids is 1. The van der Waals surface area contributed by atoms with Crippen molar-refractivity contribution in [2.45, 2.75) is 18.4 Å². The van der Waals surface area contributed by atoms with Crippen LogP contribution in [0.25, 0.3) is 0 Å². The molecule has 0 N–H and O–H groups in total. The van der Waals surface area contributed by atoms with Gasteiger partial charge in [-0.05, 0) is 36.8 Å². The SMILES string of the molecule is CCOc1ccc(CN(C)C(=O)c2ccccc2S(C)(=O)=O)cc1. The molecule has 0 unspecified atom stereocenters. The minimum atomic E-state index is -3.46. The molecule has 0 aliphatic heterocycles. The lowest BCUT2D eigenvalue weighted by molar-refractivity contribution is 0.0781. The van der Waals surface area contributed by atoms with Gasteiger partial charge in [-0.2, -0.15) is 0 Å². The van der Waals surface area contributed by atoms with Crippen molar-refractivity contribution in [1.82, 2.24) is 4.90 Å². The lowest BCUT2D eigenvalue weighted by Crippen LogP contribution is -2.27. The van der Waals surface area contributed by atoms with E-state index in [9.17, 15) is 13.2 Å². The predicted molar refractivity (Wildman–Crippen MR) is 93.0 cm³/mol. The summed E-state index contributed by atoms with van der Waals surface area (Å²) in [7, 11) is -1.81. The van der Waals surface area contributed by atoms with Crippen molar-refractivity contribution in [2.75, 3.05) is 19.9 Å². The van der Waals surface area contributed by atoms with Gasteiger partial charge in [0, 0.05) is 19.8 Å². The topological polar surface area (TPSA) is 63.7 Å². The lowest BCUT2D eigenvalue weighted by atomic mass is 10.1. The molecule has 0 heterocycles. The van der Waals surface area contributed by atoms with E-state index < -0.39 is 9.84 Å². The number of benzene rings is 2. The van der Waals surface area contributed by atoms with Crippen LogP contribution in [0.1, 0.15) is 22.8 Å². The number of carbonyl (C=O) groups is 1. The Morgan fingerprint density at radius 1 is 1.08 bits per heavy atom. The van der Waals surface area contributed by atoms with Crippen molar-refractivity contribution in [3.05, 3.63) is 59.7 Å². The summed E-state index contributed by atoms with van der Waals surface area (Å²) in [5.41, 5.74) is 1.12. The van der Waals surface area contributed by atoms with Crippen molar-refractivity contribution in [3.8, 4) is 5.75 Å². The first-order valence-electron chi connectivity index (χ1n) is 7.59. The standard InChI is InChI=1S/C18H21NO4S/c1-4-23-15-11-9-14(10-12-15)13-19(2)18(20)16-7-5-6-8-17(16)24(3,21)22/h5-12H,4,13H2,1-3H3. The van der Waals surface area contributed by atoms with Gasteiger partial charge in [-0.1, -0.05) is 24.3 Å². The highest BCUT2D eigenvalue weighted by Gasteiger charge is 2.20. The Balaban J connectivity index is 2.18. The highest BCUT2D eigenvalue weighted by atomic mass is 32.2. The van der Waals surface area contributed by atoms with Crippen LogP contribution in [0.2, 0.25) is 0 Å². The molecule has 0 spiro atoms. The molecule has 5 nitrogen and oxygen atoms in total. The number of amides is 1. The smallest absolute Gasteiger partial charge is 0.255 e. The van der Waals surface area contributed by atoms with Gasteiger partial charge in [0.2, 0.25) is 0 Å². The van der Waals surface area contributed by atoms with E-state index in [1.54, 1.807) is 19.2 Å². The van der Waals surface area contributed by atoms with E-state index in [-0.39, 0.29) is 16.4 Å². The summed E-state index contributed by atoms with van der Waals surface area (Å²) in [6.07, 6.45) is 1.10. The third-order valence-electron chi connectivity index (χ3n) is 3.52. The van der Waals surface area contributed by atoms with Crippen LogP contribution in [0.3, 0.4) is 0 Å². The Morgan fingerprint density at radius 2 is 1.71 bits per heavy atom. The Bertz CT molecular complexity index is 813. The molecule has 2 aromatic rings. The Morgan fingerprint density at radius 3 is 2.29 bits per heavy atom. The minimum Gasteiger partial charge on any atom is -0.494 e. The third-order valence-corrected chi connectivity index (χ3v) is 4.67. The molecule has 2 aromatic carbocycles. The molecular formula is C18H21NO4S. The summed E-state index contributed by atoms with van der Waals surface area (Å²) in [5.74, 6) is 0.447. The number of hydrogen-bond donors (Lipinski definition) is 0. The van der Waals surface area contributed by atoms with E-state index in [0.717, 1.165) is 17.6 Å². The molecule has 128 valence electrons. The lowest BCUT2D eigenvalue weighted by Gasteiger charge is -2.19.